The van der Waals surface area contributed by atoms with E-state index in [1.165, 1.54) is 6.07 Å². The van der Waals surface area contributed by atoms with Crippen LogP contribution >= 0.6 is 15.9 Å². The van der Waals surface area contributed by atoms with Gasteiger partial charge in [-0.15, -0.1) is 0 Å². The summed E-state index contributed by atoms with van der Waals surface area (Å²) >= 11 is 3.31. The van der Waals surface area contributed by atoms with Gasteiger partial charge < -0.3 is 5.32 Å². The van der Waals surface area contributed by atoms with Gasteiger partial charge in [0.25, 0.3) is 5.69 Å². The minimum atomic E-state index is -0.358. The number of pyridine rings is 1. The van der Waals surface area contributed by atoms with Gasteiger partial charge in [0.2, 0.25) is 5.91 Å². The quantitative estimate of drug-likeness (QED) is 0.591. The Kier molecular flexibility index (Phi) is 5.95. The number of piperidine rings is 1. The van der Waals surface area contributed by atoms with E-state index in [4.69, 9.17) is 0 Å². The maximum absolute atomic E-state index is 12.5. The lowest BCUT2D eigenvalue weighted by molar-refractivity contribution is -0.385. The van der Waals surface area contributed by atoms with Crippen molar-refractivity contribution in [2.24, 2.45) is 5.92 Å². The van der Waals surface area contributed by atoms with Gasteiger partial charge in [0, 0.05) is 35.4 Å². The van der Waals surface area contributed by atoms with Gasteiger partial charge in [-0.2, -0.15) is 0 Å². The molecule has 0 radical (unpaired) electrons. The summed E-state index contributed by atoms with van der Waals surface area (Å²) in [6, 6.07) is 10.3. The zero-order valence-electron chi connectivity index (χ0n) is 14.1. The van der Waals surface area contributed by atoms with Gasteiger partial charge in [0.05, 0.1) is 10.8 Å². The van der Waals surface area contributed by atoms with Crippen LogP contribution in [0.5, 0.6) is 0 Å². The van der Waals surface area contributed by atoms with Crippen LogP contribution in [0.2, 0.25) is 0 Å². The summed E-state index contributed by atoms with van der Waals surface area (Å²) in [4.78, 5) is 29.6. The Bertz CT molecular complexity index is 797. The van der Waals surface area contributed by atoms with Crippen molar-refractivity contribution in [2.45, 2.75) is 19.4 Å². The Hall–Kier alpha value is -2.32. The number of carbonyl (C=O) groups excluding carboxylic acids is 1. The number of nitrogens with one attached hydrogen (secondary N) is 1. The third-order valence-corrected chi connectivity index (χ3v) is 4.91. The van der Waals surface area contributed by atoms with Crippen molar-refractivity contribution >= 4 is 33.3 Å². The minimum absolute atomic E-state index is 0.0629. The van der Waals surface area contributed by atoms with Crippen LogP contribution in [-0.4, -0.2) is 33.8 Å². The number of nitro benzene ring substituents is 1. The van der Waals surface area contributed by atoms with Crippen LogP contribution in [0.25, 0.3) is 0 Å². The molecule has 0 spiro atoms. The molecule has 1 aliphatic rings. The number of hydrogen-bond acceptors (Lipinski definition) is 5. The first kappa shape index (κ1) is 18.5. The molecule has 136 valence electrons. The number of halogens is 1. The molecule has 0 aliphatic carbocycles. The molecule has 1 aromatic carbocycles. The second kappa shape index (κ2) is 8.37. The largest absolute Gasteiger partial charge is 0.310 e. The first-order valence-corrected chi connectivity index (χ1v) is 9.19. The smallest absolute Gasteiger partial charge is 0.273 e. The van der Waals surface area contributed by atoms with Crippen LogP contribution in [0, 0.1) is 16.0 Å². The number of nitrogens with zero attached hydrogens (tertiary/aromatic N) is 3. The van der Waals surface area contributed by atoms with E-state index in [9.17, 15) is 14.9 Å². The third kappa shape index (κ3) is 4.64. The topological polar surface area (TPSA) is 88.4 Å². The summed E-state index contributed by atoms with van der Waals surface area (Å²) in [5.41, 5.74) is 0.797. The molecule has 0 saturated carbocycles. The SMILES string of the molecule is O=C(Nc1ccc(Br)cn1)C1CCCN(Cc2ccccc2[N+](=O)[O-])C1. The van der Waals surface area contributed by atoms with Gasteiger partial charge in [0.1, 0.15) is 5.82 Å². The molecule has 0 bridgehead atoms. The molecule has 1 fully saturated rings. The van der Waals surface area contributed by atoms with Gasteiger partial charge in [-0.1, -0.05) is 18.2 Å². The normalized spacial score (nSPS) is 17.7. The third-order valence-electron chi connectivity index (χ3n) is 4.44. The molecule has 1 amide bonds. The van der Waals surface area contributed by atoms with E-state index in [2.05, 4.69) is 31.1 Å². The molecule has 26 heavy (non-hydrogen) atoms. The summed E-state index contributed by atoms with van der Waals surface area (Å²) in [7, 11) is 0. The lowest BCUT2D eigenvalue weighted by atomic mass is 9.96. The fourth-order valence-electron chi connectivity index (χ4n) is 3.15. The summed E-state index contributed by atoms with van der Waals surface area (Å²) in [6.07, 6.45) is 3.32. The molecule has 1 aliphatic heterocycles. The minimum Gasteiger partial charge on any atom is -0.310 e. The number of rotatable bonds is 5. The Morgan fingerprint density at radius 1 is 1.35 bits per heavy atom. The van der Waals surface area contributed by atoms with Crippen LogP contribution in [0.3, 0.4) is 0 Å². The molecule has 3 rings (SSSR count). The van der Waals surface area contributed by atoms with Crippen LogP contribution in [0.15, 0.2) is 47.1 Å². The zero-order chi connectivity index (χ0) is 18.5. The average Bonchev–Trinajstić information content (AvgIpc) is 2.64. The second-order valence-corrected chi connectivity index (χ2v) is 7.23. The molecule has 2 heterocycles. The molecule has 1 atom stereocenters. The lowest BCUT2D eigenvalue weighted by Crippen LogP contribution is -2.40. The Morgan fingerprint density at radius 2 is 2.15 bits per heavy atom. The average molecular weight is 419 g/mol. The Morgan fingerprint density at radius 3 is 2.88 bits per heavy atom. The number of amides is 1. The predicted octanol–water partition coefficient (Wildman–Crippen LogP) is 3.60. The fraction of sp³-hybridized carbons (Fsp3) is 0.333. The highest BCUT2D eigenvalue weighted by Gasteiger charge is 2.27. The van der Waals surface area contributed by atoms with Crippen molar-refractivity contribution in [1.29, 1.82) is 0 Å². The van der Waals surface area contributed by atoms with Crippen molar-refractivity contribution in [3.63, 3.8) is 0 Å². The summed E-state index contributed by atoms with van der Waals surface area (Å²) in [5, 5.41) is 14.0. The van der Waals surface area contributed by atoms with Gasteiger partial charge in [0.15, 0.2) is 0 Å². The molecule has 1 N–H and O–H groups in total. The standard InChI is InChI=1S/C18H19BrN4O3/c19-15-7-8-17(20-10-15)21-18(24)14-5-3-9-22(12-14)11-13-4-1-2-6-16(13)23(25)26/h1-2,4,6-8,10,14H,3,5,9,11-12H2,(H,20,21,24). The number of aromatic nitrogens is 1. The van der Waals surface area contributed by atoms with Crippen molar-refractivity contribution in [1.82, 2.24) is 9.88 Å². The molecular weight excluding hydrogens is 400 g/mol. The molecule has 8 heteroatoms. The number of carbonyl (C=O) groups is 1. The first-order chi connectivity index (χ1) is 12.5. The number of anilines is 1. The molecule has 7 nitrogen and oxygen atoms in total. The highest BCUT2D eigenvalue weighted by Crippen LogP contribution is 2.24. The molecular formula is C18H19BrN4O3. The number of hydrogen-bond donors (Lipinski definition) is 1. The van der Waals surface area contributed by atoms with E-state index in [-0.39, 0.29) is 22.4 Å². The molecule has 1 unspecified atom stereocenters. The number of likely N-dealkylation sites (tertiary alicyclic amines) is 1. The first-order valence-electron chi connectivity index (χ1n) is 8.40. The second-order valence-electron chi connectivity index (χ2n) is 6.31. The lowest BCUT2D eigenvalue weighted by Gasteiger charge is -2.31. The number of benzene rings is 1. The summed E-state index contributed by atoms with van der Waals surface area (Å²) in [5.74, 6) is 0.304. The van der Waals surface area contributed by atoms with Gasteiger partial charge in [-0.25, -0.2) is 4.98 Å². The van der Waals surface area contributed by atoms with Gasteiger partial charge in [-0.05, 0) is 47.4 Å². The fourth-order valence-corrected chi connectivity index (χ4v) is 3.39. The van der Waals surface area contributed by atoms with Gasteiger partial charge in [-0.3, -0.25) is 19.8 Å². The van der Waals surface area contributed by atoms with E-state index in [0.717, 1.165) is 23.9 Å². The Balaban J connectivity index is 1.63. The van der Waals surface area contributed by atoms with Crippen molar-refractivity contribution < 1.29 is 9.72 Å². The van der Waals surface area contributed by atoms with Crippen LogP contribution in [0.1, 0.15) is 18.4 Å². The van der Waals surface area contributed by atoms with Crippen LogP contribution < -0.4 is 5.32 Å². The van der Waals surface area contributed by atoms with Crippen molar-refractivity contribution in [2.75, 3.05) is 18.4 Å². The Labute approximate surface area is 159 Å². The van der Waals surface area contributed by atoms with Crippen LogP contribution in [0.4, 0.5) is 11.5 Å². The van der Waals surface area contributed by atoms with E-state index in [0.29, 0.717) is 24.5 Å². The molecule has 2 aromatic rings. The summed E-state index contributed by atoms with van der Waals surface area (Å²) < 4.78 is 0.851. The molecule has 1 aromatic heterocycles. The maximum atomic E-state index is 12.5. The van der Waals surface area contributed by atoms with Crippen molar-refractivity contribution in [3.05, 3.63) is 62.7 Å². The van der Waals surface area contributed by atoms with E-state index in [1.54, 1.807) is 30.5 Å². The molecule has 1 saturated heterocycles. The van der Waals surface area contributed by atoms with E-state index < -0.39 is 0 Å². The highest BCUT2D eigenvalue weighted by atomic mass is 79.9. The van der Waals surface area contributed by atoms with Crippen molar-refractivity contribution in [3.8, 4) is 0 Å². The maximum Gasteiger partial charge on any atom is 0.273 e. The number of para-hydroxylation sites is 1. The highest BCUT2D eigenvalue weighted by molar-refractivity contribution is 9.10. The monoisotopic (exact) mass is 418 g/mol. The predicted molar refractivity (Wildman–Crippen MR) is 102 cm³/mol. The number of nitro groups is 1. The van der Waals surface area contributed by atoms with E-state index in [1.807, 2.05) is 6.07 Å². The summed E-state index contributed by atoms with van der Waals surface area (Å²) in [6.45, 7) is 1.87. The van der Waals surface area contributed by atoms with Gasteiger partial charge >= 0.3 is 0 Å². The zero-order valence-corrected chi connectivity index (χ0v) is 15.7. The van der Waals surface area contributed by atoms with E-state index >= 15 is 0 Å². The van der Waals surface area contributed by atoms with Crippen LogP contribution in [-0.2, 0) is 11.3 Å².